The topological polar surface area (TPSA) is 183 Å². The van der Waals surface area contributed by atoms with Crippen molar-refractivity contribution in [2.45, 2.75) is 89.8 Å². The van der Waals surface area contributed by atoms with Crippen molar-refractivity contribution in [3.8, 4) is 11.5 Å². The molecule has 2 atom stereocenters. The van der Waals surface area contributed by atoms with E-state index in [-0.39, 0.29) is 58.3 Å². The van der Waals surface area contributed by atoms with E-state index in [0.29, 0.717) is 36.3 Å². The Labute approximate surface area is 409 Å². The lowest BCUT2D eigenvalue weighted by Crippen LogP contribution is -3.00. The van der Waals surface area contributed by atoms with Crippen LogP contribution < -0.4 is 41.7 Å². The number of hydrogen-bond donors (Lipinski definition) is 2. The van der Waals surface area contributed by atoms with Crippen LogP contribution in [0.15, 0.2) is 126 Å². The van der Waals surface area contributed by atoms with Crippen molar-refractivity contribution in [1.29, 1.82) is 0 Å². The molecule has 2 saturated heterocycles. The van der Waals surface area contributed by atoms with Gasteiger partial charge in [0.1, 0.15) is 28.3 Å². The number of nitrogens with one attached hydrogen (secondary N) is 2. The molecule has 4 aromatic rings. The lowest BCUT2D eigenvalue weighted by Gasteiger charge is -2.49. The number of carbonyl (C=O) groups excluding carboxylic acids is 6. The summed E-state index contributed by atoms with van der Waals surface area (Å²) in [5, 5.41) is 4.88. The highest BCUT2D eigenvalue weighted by Crippen LogP contribution is 2.43. The zero-order valence-corrected chi connectivity index (χ0v) is 41.2. The summed E-state index contributed by atoms with van der Waals surface area (Å²) in [4.78, 5) is 83.3. The number of allylic oxidation sites excluding steroid dienone is 1. The molecular formula is C50H54BrN5O11S. The molecule has 16 nitrogen and oxygen atoms in total. The van der Waals surface area contributed by atoms with Crippen molar-refractivity contribution in [3.63, 3.8) is 0 Å². The van der Waals surface area contributed by atoms with Gasteiger partial charge in [0.15, 0.2) is 30.0 Å². The molecule has 3 aliphatic rings. The number of β-lactam (4-membered cyclic amide) rings is 1. The van der Waals surface area contributed by atoms with Crippen LogP contribution in [0.25, 0.3) is 0 Å². The summed E-state index contributed by atoms with van der Waals surface area (Å²) in [5.41, 5.74) is 2.16. The number of benzene rings is 3. The van der Waals surface area contributed by atoms with Gasteiger partial charge in [-0.05, 0) is 88.4 Å². The number of carbonyl (C=O) groups is 6. The molecule has 0 saturated carbocycles. The Bertz CT molecular complexity index is 2560. The first-order chi connectivity index (χ1) is 31.9. The van der Waals surface area contributed by atoms with E-state index >= 15 is 0 Å². The van der Waals surface area contributed by atoms with Gasteiger partial charge in [-0.3, -0.25) is 19.3 Å². The Balaban J connectivity index is 0.00000761. The highest BCUT2D eigenvalue weighted by atomic mass is 79.9. The summed E-state index contributed by atoms with van der Waals surface area (Å²) in [7, 11) is 1.42. The van der Waals surface area contributed by atoms with E-state index in [9.17, 15) is 28.8 Å². The lowest BCUT2D eigenvalue weighted by atomic mass is 10.00. The van der Waals surface area contributed by atoms with E-state index in [1.54, 1.807) is 75.5 Å². The van der Waals surface area contributed by atoms with Crippen molar-refractivity contribution in [2.75, 3.05) is 24.7 Å². The minimum absolute atomic E-state index is 0. The normalized spacial score (nSPS) is 17.4. The molecule has 68 heavy (non-hydrogen) atoms. The molecule has 4 amide bonds. The maximum Gasteiger partial charge on any atom is 0.514 e. The van der Waals surface area contributed by atoms with Crippen molar-refractivity contribution in [2.24, 2.45) is 0 Å². The number of rotatable bonds is 13. The SMILES string of the molecule is COc1cc(NC(=O)C[n+]2ccc(CN3CCC(=CC4=C(C(=O)OC(c5ccccc5)c5ccccc5)N5C(=O)[C@@H](NC(=O)OC(C)(C)C)[C@H]5SC4)C3=O)cc2)ccc1OC(=O)OC(C)(C)C.[Br-]. The fraction of sp³-hybridized carbons (Fsp3) is 0.340. The number of methoxy groups -OCH3 is 1. The summed E-state index contributed by atoms with van der Waals surface area (Å²) in [6, 6.07) is 25.9. The van der Waals surface area contributed by atoms with E-state index in [4.69, 9.17) is 23.7 Å². The number of esters is 1. The number of anilines is 1. The van der Waals surface area contributed by atoms with Crippen LogP contribution in [0, 0.1) is 0 Å². The molecule has 2 fully saturated rings. The molecule has 0 spiro atoms. The van der Waals surface area contributed by atoms with Crippen molar-refractivity contribution in [1.82, 2.24) is 15.1 Å². The molecule has 0 radical (unpaired) electrons. The lowest BCUT2D eigenvalue weighted by molar-refractivity contribution is -0.684. The Kier molecular flexibility index (Phi) is 16.1. The second-order valence-corrected chi connectivity index (χ2v) is 19.1. The van der Waals surface area contributed by atoms with Crippen LogP contribution in [0.5, 0.6) is 11.5 Å². The van der Waals surface area contributed by atoms with Crippen LogP contribution in [-0.2, 0) is 46.5 Å². The molecule has 2 N–H and O–H groups in total. The molecular weight excluding hydrogens is 959 g/mol. The predicted molar refractivity (Wildman–Crippen MR) is 247 cm³/mol. The van der Waals surface area contributed by atoms with Gasteiger partial charge in [0.2, 0.25) is 12.5 Å². The Morgan fingerprint density at radius 1 is 0.853 bits per heavy atom. The van der Waals surface area contributed by atoms with Gasteiger partial charge >= 0.3 is 18.2 Å². The van der Waals surface area contributed by atoms with Crippen molar-refractivity contribution >= 4 is 53.4 Å². The number of alkyl carbamates (subject to hydrolysis) is 1. The van der Waals surface area contributed by atoms with Gasteiger partial charge < -0.3 is 56.2 Å². The van der Waals surface area contributed by atoms with Gasteiger partial charge in [0, 0.05) is 48.3 Å². The number of nitrogens with zero attached hydrogens (tertiary/aromatic N) is 3. The van der Waals surface area contributed by atoms with E-state index in [0.717, 1.165) is 16.7 Å². The van der Waals surface area contributed by atoms with Crippen LogP contribution in [-0.4, -0.2) is 87.8 Å². The summed E-state index contributed by atoms with van der Waals surface area (Å²) >= 11 is 1.37. The number of thioether (sulfide) groups is 1. The zero-order chi connectivity index (χ0) is 48.0. The molecule has 4 heterocycles. The third-order valence-corrected chi connectivity index (χ3v) is 11.8. The molecule has 1 aromatic heterocycles. The third kappa shape index (κ3) is 12.7. The highest BCUT2D eigenvalue weighted by Gasteiger charge is 2.55. The monoisotopic (exact) mass is 1010 g/mol. The molecule has 358 valence electrons. The number of fused-ring (bicyclic) bond motifs is 1. The average Bonchev–Trinajstić information content (AvgIpc) is 3.61. The summed E-state index contributed by atoms with van der Waals surface area (Å²) in [6.45, 7) is 11.1. The molecule has 0 unspecified atom stereocenters. The van der Waals surface area contributed by atoms with Crippen LogP contribution in [0.1, 0.15) is 70.8 Å². The number of ether oxygens (including phenoxy) is 5. The van der Waals surface area contributed by atoms with Gasteiger partial charge in [-0.1, -0.05) is 60.7 Å². The summed E-state index contributed by atoms with van der Waals surface area (Å²) in [6.07, 6.45) is 3.16. The molecule has 3 aromatic carbocycles. The molecule has 3 aliphatic heterocycles. The number of hydrogen-bond acceptors (Lipinski definition) is 12. The van der Waals surface area contributed by atoms with Gasteiger partial charge in [-0.2, -0.15) is 4.57 Å². The number of pyridine rings is 1. The van der Waals surface area contributed by atoms with Gasteiger partial charge in [-0.15, -0.1) is 11.8 Å². The maximum absolute atomic E-state index is 14.5. The van der Waals surface area contributed by atoms with E-state index in [2.05, 4.69) is 10.6 Å². The minimum Gasteiger partial charge on any atom is -1.00 e. The van der Waals surface area contributed by atoms with E-state index in [1.807, 2.05) is 72.8 Å². The highest BCUT2D eigenvalue weighted by molar-refractivity contribution is 8.00. The first kappa shape index (κ1) is 50.7. The number of likely N-dealkylation sites (tertiary alicyclic amines) is 1. The molecule has 0 aliphatic carbocycles. The molecule has 0 bridgehead atoms. The maximum atomic E-state index is 14.5. The Morgan fingerprint density at radius 2 is 1.49 bits per heavy atom. The average molecular weight is 1010 g/mol. The Morgan fingerprint density at radius 3 is 2.09 bits per heavy atom. The third-order valence-electron chi connectivity index (χ3n) is 10.5. The summed E-state index contributed by atoms with van der Waals surface area (Å²) in [5.74, 6) is -1.15. The fourth-order valence-electron chi connectivity index (χ4n) is 7.56. The van der Waals surface area contributed by atoms with Crippen molar-refractivity contribution in [3.05, 3.63) is 143 Å². The van der Waals surface area contributed by atoms with Crippen LogP contribution in [0.2, 0.25) is 0 Å². The van der Waals surface area contributed by atoms with Crippen molar-refractivity contribution < 1.29 is 74.0 Å². The smallest absolute Gasteiger partial charge is 0.514 e. The van der Waals surface area contributed by atoms with Gasteiger partial charge in [0.25, 0.3) is 11.8 Å². The first-order valence-corrected chi connectivity index (χ1v) is 22.8. The standard InChI is InChI=1S/C50H53N5O11S.BrH/c1-49(2,3)65-47(60)52-40-44(58)55-41(46(59)64-42(32-14-10-8-11-15-32)33-16-12-9-13-17-33)35(30-67-45(40)55)26-34-22-25-54(43(34)57)28-31-20-23-53(24-21-31)29-39(56)51-36-18-19-37(38(27-36)62-7)63-48(61)66-50(4,5)6;/h8-21,23-24,26-27,40,42,45H,22,25,28-30H2,1-7H3,(H-,51,52,56,60);1H/t40-,45-;/m1./s1. The Hall–Kier alpha value is -6.66. The molecule has 18 heteroatoms. The number of amides is 4. The van der Waals surface area contributed by atoms with Gasteiger partial charge in [0.05, 0.1) is 7.11 Å². The second-order valence-electron chi connectivity index (χ2n) is 18.0. The quantitative estimate of drug-likeness (QED) is 0.0492. The van der Waals surface area contributed by atoms with Crippen LogP contribution in [0.4, 0.5) is 15.3 Å². The summed E-state index contributed by atoms with van der Waals surface area (Å²) < 4.78 is 29.2. The number of aromatic nitrogens is 1. The predicted octanol–water partition coefficient (Wildman–Crippen LogP) is 3.99. The van der Waals surface area contributed by atoms with E-state index in [1.165, 1.54) is 35.9 Å². The largest absolute Gasteiger partial charge is 1.00 e. The first-order valence-electron chi connectivity index (χ1n) is 21.7. The second kappa shape index (κ2) is 21.5. The fourth-order valence-corrected chi connectivity index (χ4v) is 8.87. The minimum atomic E-state index is -0.936. The van der Waals surface area contributed by atoms with Gasteiger partial charge in [-0.25, -0.2) is 14.4 Å². The number of halogens is 1. The van der Waals surface area contributed by atoms with E-state index < -0.39 is 52.8 Å². The molecule has 7 rings (SSSR count). The van der Waals surface area contributed by atoms with Crippen LogP contribution >= 0.6 is 11.8 Å². The van der Waals surface area contributed by atoms with Crippen LogP contribution in [0.3, 0.4) is 0 Å². The zero-order valence-electron chi connectivity index (χ0n) is 38.8.